The Morgan fingerprint density at radius 1 is 0.727 bits per heavy atom. The second-order valence-corrected chi connectivity index (χ2v) is 16.0. The van der Waals surface area contributed by atoms with E-state index in [2.05, 4.69) is 34.6 Å². The Balaban J connectivity index is 0.000000275. The van der Waals surface area contributed by atoms with E-state index in [1.54, 1.807) is 60.7 Å². The topological polar surface area (TPSA) is 107 Å². The van der Waals surface area contributed by atoms with Crippen LogP contribution < -0.4 is 5.73 Å². The Bertz CT molecular complexity index is 1870. The molecule has 2 N–H and O–H groups in total. The molecule has 4 aromatic carbocycles. The van der Waals surface area contributed by atoms with Crippen LogP contribution in [-0.4, -0.2) is 25.8 Å². The zero-order valence-corrected chi connectivity index (χ0v) is 29.6. The van der Waals surface area contributed by atoms with E-state index < -0.39 is 19.7 Å². The third-order valence-corrected chi connectivity index (χ3v) is 10.1. The van der Waals surface area contributed by atoms with E-state index in [1.807, 2.05) is 13.8 Å². The first-order valence-corrected chi connectivity index (χ1v) is 18.0. The average molecular weight is 749 g/mol. The highest BCUT2D eigenvalue weighted by Crippen LogP contribution is 2.23. The minimum absolute atomic E-state index is 0.0467. The smallest absolute Gasteiger partial charge is 0.182 e. The molecule has 0 atom stereocenters. The normalized spacial score (nSPS) is 10.8. The molecule has 0 amide bonds. The quantitative estimate of drug-likeness (QED) is 0.0869. The van der Waals surface area contributed by atoms with Crippen LogP contribution in [0.15, 0.2) is 99.7 Å². The van der Waals surface area contributed by atoms with Gasteiger partial charge < -0.3 is 5.73 Å². The minimum Gasteiger partial charge on any atom is -0.399 e. The van der Waals surface area contributed by atoms with Gasteiger partial charge in [-0.05, 0) is 109 Å². The summed E-state index contributed by atoms with van der Waals surface area (Å²) in [5.74, 6) is -0.115. The zero-order chi connectivity index (χ0) is 33.1. The number of nitrogen functional groups attached to an aromatic ring is 1. The molecule has 14 heteroatoms. The van der Waals surface area contributed by atoms with Crippen molar-refractivity contribution in [3.05, 3.63) is 117 Å². The molecule has 0 aliphatic carbocycles. The predicted octanol–water partition coefficient (Wildman–Crippen LogP) is 9.31. The number of aryl methyl sites for hydroxylation is 2. The molecule has 0 spiro atoms. The summed E-state index contributed by atoms with van der Waals surface area (Å²) in [6.45, 7) is 3.69. The van der Waals surface area contributed by atoms with Gasteiger partial charge in [-0.25, -0.2) is 16.8 Å². The average Bonchev–Trinajstić information content (AvgIpc) is 2.93. The van der Waals surface area contributed by atoms with E-state index in [4.69, 9.17) is 52.1 Å². The molecule has 0 saturated heterocycles. The van der Waals surface area contributed by atoms with E-state index in [9.17, 15) is 16.8 Å². The highest BCUT2D eigenvalue weighted by molar-refractivity contribution is 7.91. The highest BCUT2D eigenvalue weighted by atomic mass is 35.5. The van der Waals surface area contributed by atoms with Gasteiger partial charge in [0.25, 0.3) is 0 Å². The number of rotatable bonds is 7. The number of sulfone groups is 2. The van der Waals surface area contributed by atoms with Gasteiger partial charge in [0.1, 0.15) is 0 Å². The van der Waals surface area contributed by atoms with E-state index in [0.717, 1.165) is 16.7 Å². The van der Waals surface area contributed by atoms with Crippen molar-refractivity contribution in [2.75, 3.05) is 5.73 Å². The van der Waals surface area contributed by atoms with E-state index in [1.165, 1.54) is 24.3 Å². The maximum absolute atomic E-state index is 12.4. The summed E-state index contributed by atoms with van der Waals surface area (Å²) >= 11 is 30.0. The molecular weight excluding hydrogens is 722 g/mol. The van der Waals surface area contributed by atoms with Crippen LogP contribution in [0.5, 0.6) is 0 Å². The maximum atomic E-state index is 12.4. The standard InChI is InChI=1S/C15H12ClNO2S2.C14H14ClNO2S.CCl2S/c1-11-8-12(2-7-15(11)16)9-21(18,19)14-5-3-13(4-6-14)17-10-20;1-10-8-11(2-7-14(10)15)9-19(17,18)13-5-3-12(16)4-6-13;2-1(3)4/h2-8H,9H2,1H3;2-8H,9,16H2,1H3;. The lowest BCUT2D eigenvalue weighted by atomic mass is 10.2. The van der Waals surface area contributed by atoms with Gasteiger partial charge in [-0.15, -0.1) is 0 Å². The van der Waals surface area contributed by atoms with Gasteiger partial charge in [-0.3, -0.25) is 0 Å². The lowest BCUT2D eigenvalue weighted by molar-refractivity contribution is 0.593. The van der Waals surface area contributed by atoms with Gasteiger partial charge in [0, 0.05) is 15.7 Å². The summed E-state index contributed by atoms with van der Waals surface area (Å²) in [7, 11) is -6.76. The van der Waals surface area contributed by atoms with Gasteiger partial charge in [-0.1, -0.05) is 82.9 Å². The van der Waals surface area contributed by atoms with Crippen molar-refractivity contribution in [2.24, 2.45) is 4.99 Å². The van der Waals surface area contributed by atoms with Crippen molar-refractivity contribution in [1.82, 2.24) is 0 Å². The molecule has 6 nitrogen and oxygen atoms in total. The van der Waals surface area contributed by atoms with Crippen molar-refractivity contribution in [1.29, 1.82) is 0 Å². The summed E-state index contributed by atoms with van der Waals surface area (Å²) in [5, 5.41) is 3.50. The molecule has 4 aromatic rings. The SMILES string of the molecule is Cc1cc(CS(=O)(=O)c2ccc(N)cc2)ccc1Cl.Cc1cc(CS(=O)(=O)c2ccc(N=C=S)cc2)ccc1Cl.S=C(Cl)Cl. The molecule has 0 saturated carbocycles. The number of hydrogen-bond acceptors (Lipinski definition) is 8. The Labute approximate surface area is 288 Å². The third kappa shape index (κ3) is 12.6. The monoisotopic (exact) mass is 746 g/mol. The number of nitrogens with zero attached hydrogens (tertiary/aromatic N) is 1. The second kappa shape index (κ2) is 17.4. The van der Waals surface area contributed by atoms with Gasteiger partial charge in [-0.2, -0.15) is 4.99 Å². The van der Waals surface area contributed by atoms with Crippen molar-refractivity contribution in [2.45, 2.75) is 35.1 Å². The minimum atomic E-state index is -3.41. The molecule has 4 rings (SSSR count). The molecule has 232 valence electrons. The number of hydrogen-bond donors (Lipinski definition) is 1. The molecule has 0 aliphatic rings. The lowest BCUT2D eigenvalue weighted by Gasteiger charge is -2.07. The van der Waals surface area contributed by atoms with Crippen LogP contribution in [0.25, 0.3) is 0 Å². The second-order valence-electron chi connectivity index (χ2n) is 9.18. The van der Waals surface area contributed by atoms with Crippen LogP contribution >= 0.6 is 70.8 Å². The van der Waals surface area contributed by atoms with Gasteiger partial charge in [0.05, 0.1) is 32.1 Å². The Morgan fingerprint density at radius 2 is 1.09 bits per heavy atom. The lowest BCUT2D eigenvalue weighted by Crippen LogP contribution is -2.05. The van der Waals surface area contributed by atoms with Crippen LogP contribution in [-0.2, 0) is 31.2 Å². The fourth-order valence-corrected chi connectivity index (χ4v) is 6.67. The molecule has 0 unspecified atom stereocenters. The first kappa shape index (κ1) is 37.8. The van der Waals surface area contributed by atoms with E-state index in [-0.39, 0.29) is 25.1 Å². The molecule has 0 fully saturated rings. The summed E-state index contributed by atoms with van der Waals surface area (Å²) < 4.78 is 49.1. The largest absolute Gasteiger partial charge is 0.399 e. The molecule has 0 heterocycles. The van der Waals surface area contributed by atoms with Crippen molar-refractivity contribution < 1.29 is 16.8 Å². The number of thiocarbonyl (C=S) groups is 2. The summed E-state index contributed by atoms with van der Waals surface area (Å²) in [6.07, 6.45) is 0. The van der Waals surface area contributed by atoms with Crippen LogP contribution in [0.3, 0.4) is 0 Å². The molecule has 0 radical (unpaired) electrons. The number of benzene rings is 4. The Kier molecular flexibility index (Phi) is 14.9. The van der Waals surface area contributed by atoms with Gasteiger partial charge in [0.2, 0.25) is 0 Å². The molecule has 0 aromatic heterocycles. The number of aliphatic imine (C=N–C) groups is 1. The summed E-state index contributed by atoms with van der Waals surface area (Å²) in [6, 6.07) is 22.9. The maximum Gasteiger partial charge on any atom is 0.182 e. The third-order valence-electron chi connectivity index (χ3n) is 5.77. The van der Waals surface area contributed by atoms with Crippen molar-refractivity contribution in [3.63, 3.8) is 0 Å². The fourth-order valence-electron chi connectivity index (χ4n) is 3.65. The van der Waals surface area contributed by atoms with Crippen LogP contribution in [0.4, 0.5) is 11.4 Å². The molecule has 0 bridgehead atoms. The molecule has 0 aliphatic heterocycles. The number of anilines is 1. The summed E-state index contributed by atoms with van der Waals surface area (Å²) in [4.78, 5) is 4.31. The highest BCUT2D eigenvalue weighted by Gasteiger charge is 2.17. The van der Waals surface area contributed by atoms with Crippen LogP contribution in [0, 0.1) is 13.8 Å². The molecule has 44 heavy (non-hydrogen) atoms. The van der Waals surface area contributed by atoms with E-state index >= 15 is 0 Å². The van der Waals surface area contributed by atoms with Gasteiger partial charge in [0.15, 0.2) is 23.5 Å². The summed E-state index contributed by atoms with van der Waals surface area (Å²) in [5.41, 5.74) is 9.82. The number of isothiocyanates is 1. The van der Waals surface area contributed by atoms with Crippen LogP contribution in [0.2, 0.25) is 10.0 Å². The first-order valence-electron chi connectivity index (χ1n) is 12.4. The fraction of sp³-hybridized carbons (Fsp3) is 0.133. The number of nitrogens with two attached hydrogens (primary N) is 1. The Hall–Kier alpha value is -2.37. The van der Waals surface area contributed by atoms with Crippen molar-refractivity contribution in [3.8, 4) is 0 Å². The first-order chi connectivity index (χ1) is 20.5. The predicted molar refractivity (Wildman–Crippen MR) is 190 cm³/mol. The van der Waals surface area contributed by atoms with E-state index in [0.29, 0.717) is 27.0 Å². The zero-order valence-electron chi connectivity index (χ0n) is 23.3. The van der Waals surface area contributed by atoms with Gasteiger partial charge >= 0.3 is 0 Å². The Morgan fingerprint density at radius 3 is 1.43 bits per heavy atom. The molecular formula is C30H26Cl4N2O4S4. The number of halogens is 4. The van der Waals surface area contributed by atoms with Crippen molar-refractivity contribution >= 4 is 111 Å². The van der Waals surface area contributed by atoms with Crippen LogP contribution in [0.1, 0.15) is 22.3 Å².